The van der Waals surface area contributed by atoms with Crippen molar-refractivity contribution in [3.63, 3.8) is 0 Å². The van der Waals surface area contributed by atoms with Crippen molar-refractivity contribution in [1.29, 1.82) is 0 Å². The number of aliphatic imine (C=N–C) groups is 1. The number of rotatable bonds is 8. The fourth-order valence-electron chi connectivity index (χ4n) is 2.90. The molecule has 0 heterocycles. The Morgan fingerprint density at radius 1 is 1.20 bits per heavy atom. The number of hydrogen-bond acceptors (Lipinski definition) is 3. The fraction of sp³-hybridized carbons (Fsp3) is 0.933. The highest BCUT2D eigenvalue weighted by Gasteiger charge is 2.28. The van der Waals surface area contributed by atoms with Crippen LogP contribution in [0.1, 0.15) is 38.5 Å². The summed E-state index contributed by atoms with van der Waals surface area (Å²) in [5.74, 6) is 0.958. The zero-order chi connectivity index (χ0) is 14.2. The van der Waals surface area contributed by atoms with Crippen LogP contribution in [0.5, 0.6) is 0 Å². The molecule has 2 rings (SSSR count). The molecule has 2 saturated carbocycles. The first kappa shape index (κ1) is 15.6. The van der Waals surface area contributed by atoms with Gasteiger partial charge in [0.05, 0.1) is 6.61 Å². The summed E-state index contributed by atoms with van der Waals surface area (Å²) >= 11 is 0. The molecule has 5 heteroatoms. The van der Waals surface area contributed by atoms with Crippen molar-refractivity contribution in [1.82, 2.24) is 15.5 Å². The van der Waals surface area contributed by atoms with E-state index in [0.29, 0.717) is 6.04 Å². The molecule has 0 spiro atoms. The molecule has 2 fully saturated rings. The molecule has 116 valence electrons. The number of methoxy groups -OCH3 is 1. The predicted molar refractivity (Wildman–Crippen MR) is 83.2 cm³/mol. The number of hydrogen-bond donors (Lipinski definition) is 2. The lowest BCUT2D eigenvalue weighted by molar-refractivity contribution is 0.144. The lowest BCUT2D eigenvalue weighted by Crippen LogP contribution is -2.45. The van der Waals surface area contributed by atoms with Crippen molar-refractivity contribution in [3.05, 3.63) is 0 Å². The Balaban J connectivity index is 1.64. The van der Waals surface area contributed by atoms with Gasteiger partial charge in [0, 0.05) is 45.9 Å². The molecule has 0 aromatic carbocycles. The van der Waals surface area contributed by atoms with Gasteiger partial charge in [-0.25, -0.2) is 0 Å². The van der Waals surface area contributed by atoms with Crippen molar-refractivity contribution >= 4 is 5.96 Å². The van der Waals surface area contributed by atoms with E-state index in [1.165, 1.54) is 38.5 Å². The second-order valence-electron chi connectivity index (χ2n) is 5.88. The molecule has 2 aliphatic rings. The van der Waals surface area contributed by atoms with E-state index in [0.717, 1.165) is 38.2 Å². The zero-order valence-electron chi connectivity index (χ0n) is 13.0. The number of guanidine groups is 1. The Labute approximate surface area is 123 Å². The van der Waals surface area contributed by atoms with Crippen LogP contribution in [0.2, 0.25) is 0 Å². The van der Waals surface area contributed by atoms with Crippen molar-refractivity contribution in [3.8, 4) is 0 Å². The highest BCUT2D eigenvalue weighted by atomic mass is 16.5. The Kier molecular flexibility index (Phi) is 6.60. The van der Waals surface area contributed by atoms with Gasteiger partial charge in [-0.05, 0) is 25.7 Å². The fourth-order valence-corrected chi connectivity index (χ4v) is 2.90. The van der Waals surface area contributed by atoms with Crippen LogP contribution < -0.4 is 10.6 Å². The third-order valence-corrected chi connectivity index (χ3v) is 4.26. The van der Waals surface area contributed by atoms with E-state index in [4.69, 9.17) is 4.74 Å². The molecule has 2 aliphatic carbocycles. The van der Waals surface area contributed by atoms with Gasteiger partial charge in [-0.2, -0.15) is 0 Å². The minimum atomic E-state index is 0.620. The summed E-state index contributed by atoms with van der Waals surface area (Å²) < 4.78 is 5.19. The maximum absolute atomic E-state index is 5.19. The maximum atomic E-state index is 5.19. The summed E-state index contributed by atoms with van der Waals surface area (Å²) in [5.41, 5.74) is 0. The quantitative estimate of drug-likeness (QED) is 0.519. The molecule has 2 N–H and O–H groups in total. The Morgan fingerprint density at radius 3 is 2.55 bits per heavy atom. The Morgan fingerprint density at radius 2 is 1.95 bits per heavy atom. The first-order valence-electron chi connectivity index (χ1n) is 8.03. The van der Waals surface area contributed by atoms with E-state index < -0.39 is 0 Å². The van der Waals surface area contributed by atoms with E-state index >= 15 is 0 Å². The molecule has 0 amide bonds. The van der Waals surface area contributed by atoms with E-state index in [1.807, 2.05) is 7.05 Å². The lowest BCUT2D eigenvalue weighted by Gasteiger charge is -2.23. The monoisotopic (exact) mass is 282 g/mol. The second-order valence-corrected chi connectivity index (χ2v) is 5.88. The molecule has 0 radical (unpaired) electrons. The van der Waals surface area contributed by atoms with Crippen molar-refractivity contribution in [2.24, 2.45) is 4.99 Å². The third-order valence-electron chi connectivity index (χ3n) is 4.26. The third kappa shape index (κ3) is 5.29. The van der Waals surface area contributed by atoms with Crippen LogP contribution in [0.4, 0.5) is 0 Å². The lowest BCUT2D eigenvalue weighted by atomic mass is 10.2. The van der Waals surface area contributed by atoms with E-state index in [9.17, 15) is 0 Å². The number of ether oxygens (including phenoxy) is 1. The molecule has 0 atom stereocenters. The van der Waals surface area contributed by atoms with Crippen LogP contribution in [0, 0.1) is 0 Å². The SMILES string of the molecule is CN=C(NCCN(CCOC)C1CC1)NC1CCCC1. The minimum Gasteiger partial charge on any atom is -0.383 e. The molecule has 0 saturated heterocycles. The van der Waals surface area contributed by atoms with Crippen LogP contribution in [0.25, 0.3) is 0 Å². The van der Waals surface area contributed by atoms with Crippen LogP contribution in [0.3, 0.4) is 0 Å². The zero-order valence-corrected chi connectivity index (χ0v) is 13.0. The summed E-state index contributed by atoms with van der Waals surface area (Å²) in [6, 6.07) is 1.41. The first-order valence-corrected chi connectivity index (χ1v) is 8.03. The summed E-state index contributed by atoms with van der Waals surface area (Å²) in [6.07, 6.45) is 7.95. The number of nitrogens with one attached hydrogen (secondary N) is 2. The molecular weight excluding hydrogens is 252 g/mol. The van der Waals surface area contributed by atoms with E-state index in [1.54, 1.807) is 7.11 Å². The van der Waals surface area contributed by atoms with Gasteiger partial charge in [0.25, 0.3) is 0 Å². The first-order chi connectivity index (χ1) is 9.83. The second kappa shape index (κ2) is 8.47. The molecule has 5 nitrogen and oxygen atoms in total. The smallest absolute Gasteiger partial charge is 0.191 e. The van der Waals surface area contributed by atoms with Crippen molar-refractivity contribution in [2.45, 2.75) is 50.6 Å². The molecular formula is C15H30N4O. The van der Waals surface area contributed by atoms with Gasteiger partial charge in [0.2, 0.25) is 0 Å². The van der Waals surface area contributed by atoms with Gasteiger partial charge in [0.15, 0.2) is 5.96 Å². The molecule has 20 heavy (non-hydrogen) atoms. The van der Waals surface area contributed by atoms with Crippen LogP contribution >= 0.6 is 0 Å². The van der Waals surface area contributed by atoms with E-state index in [2.05, 4.69) is 20.5 Å². The Hall–Kier alpha value is -0.810. The van der Waals surface area contributed by atoms with Crippen molar-refractivity contribution in [2.75, 3.05) is 40.4 Å². The van der Waals surface area contributed by atoms with Gasteiger partial charge >= 0.3 is 0 Å². The standard InChI is InChI=1S/C15H30N4O/c1-16-15(18-13-5-3-4-6-13)17-9-10-19(11-12-20-2)14-7-8-14/h13-14H,3-12H2,1-2H3,(H2,16,17,18). The van der Waals surface area contributed by atoms with Gasteiger partial charge < -0.3 is 15.4 Å². The highest BCUT2D eigenvalue weighted by molar-refractivity contribution is 5.79. The summed E-state index contributed by atoms with van der Waals surface area (Å²) in [5, 5.41) is 6.97. The van der Waals surface area contributed by atoms with Gasteiger partial charge in [-0.15, -0.1) is 0 Å². The molecule has 0 aromatic rings. The Bertz CT molecular complexity index is 298. The normalized spacial score (nSPS) is 20.6. The summed E-state index contributed by atoms with van der Waals surface area (Å²) in [4.78, 5) is 6.85. The molecule has 0 bridgehead atoms. The van der Waals surface area contributed by atoms with Gasteiger partial charge in [0.1, 0.15) is 0 Å². The molecule has 0 aromatic heterocycles. The summed E-state index contributed by atoms with van der Waals surface area (Å²) in [7, 11) is 3.63. The van der Waals surface area contributed by atoms with Crippen LogP contribution in [-0.4, -0.2) is 63.3 Å². The van der Waals surface area contributed by atoms with Crippen LogP contribution in [0.15, 0.2) is 4.99 Å². The van der Waals surface area contributed by atoms with Crippen LogP contribution in [-0.2, 0) is 4.74 Å². The molecule has 0 aliphatic heterocycles. The topological polar surface area (TPSA) is 48.9 Å². The highest BCUT2D eigenvalue weighted by Crippen LogP contribution is 2.25. The van der Waals surface area contributed by atoms with Gasteiger partial charge in [-0.3, -0.25) is 9.89 Å². The van der Waals surface area contributed by atoms with Gasteiger partial charge in [-0.1, -0.05) is 12.8 Å². The average Bonchev–Trinajstić information content (AvgIpc) is 3.18. The largest absolute Gasteiger partial charge is 0.383 e. The number of nitrogens with zero attached hydrogens (tertiary/aromatic N) is 2. The molecule has 0 unspecified atom stereocenters. The minimum absolute atomic E-state index is 0.620. The van der Waals surface area contributed by atoms with Crippen molar-refractivity contribution < 1.29 is 4.74 Å². The summed E-state index contributed by atoms with van der Waals surface area (Å²) in [6.45, 7) is 3.88. The maximum Gasteiger partial charge on any atom is 0.191 e. The predicted octanol–water partition coefficient (Wildman–Crippen LogP) is 1.20. The average molecular weight is 282 g/mol. The van der Waals surface area contributed by atoms with E-state index in [-0.39, 0.29) is 0 Å².